The number of halogens is 1. The molecule has 3 rings (SSSR count). The van der Waals surface area contributed by atoms with Crippen LogP contribution in [0.5, 0.6) is 0 Å². The molecule has 3 nitrogen and oxygen atoms in total. The van der Waals surface area contributed by atoms with Gasteiger partial charge in [-0.05, 0) is 30.1 Å². The lowest BCUT2D eigenvalue weighted by molar-refractivity contribution is 0.762. The fraction of sp³-hybridized carbons (Fsp3) is 0.125. The molecule has 5 heteroatoms. The van der Waals surface area contributed by atoms with E-state index in [0.717, 1.165) is 28.3 Å². The lowest BCUT2D eigenvalue weighted by Crippen LogP contribution is -2.10. The first-order valence-electron chi connectivity index (χ1n) is 6.68. The second-order valence-corrected chi connectivity index (χ2v) is 6.09. The van der Waals surface area contributed by atoms with Crippen LogP contribution in [-0.2, 0) is 0 Å². The largest absolute Gasteiger partial charge is 0.236 e. The molecule has 0 spiro atoms. The van der Waals surface area contributed by atoms with Gasteiger partial charge in [0, 0.05) is 21.9 Å². The summed E-state index contributed by atoms with van der Waals surface area (Å²) in [6, 6.07) is 15.8. The molecule has 0 N–H and O–H groups in total. The van der Waals surface area contributed by atoms with Crippen LogP contribution in [0.2, 0.25) is 5.02 Å². The number of aliphatic imine (C=N–C) groups is 1. The summed E-state index contributed by atoms with van der Waals surface area (Å²) in [5, 5.41) is 5.41. The third-order valence-electron chi connectivity index (χ3n) is 3.02. The predicted molar refractivity (Wildman–Crippen MR) is 91.7 cm³/mol. The van der Waals surface area contributed by atoms with Crippen molar-refractivity contribution in [3.05, 3.63) is 64.7 Å². The molecule has 0 atom stereocenters. The molecule has 0 fully saturated rings. The Morgan fingerprint density at radius 3 is 2.71 bits per heavy atom. The Labute approximate surface area is 133 Å². The maximum absolute atomic E-state index is 6.15. The van der Waals surface area contributed by atoms with Crippen molar-refractivity contribution in [3.63, 3.8) is 0 Å². The summed E-state index contributed by atoms with van der Waals surface area (Å²) in [6.45, 7) is 2.09. The fourth-order valence-corrected chi connectivity index (χ4v) is 2.79. The maximum Gasteiger partial charge on any atom is 0.125 e. The Morgan fingerprint density at radius 2 is 1.95 bits per heavy atom. The van der Waals surface area contributed by atoms with E-state index in [1.54, 1.807) is 22.7 Å². The Bertz CT molecular complexity index is 698. The van der Waals surface area contributed by atoms with Crippen LogP contribution in [0.1, 0.15) is 18.1 Å². The molecule has 1 heterocycles. The molecule has 0 radical (unpaired) electrons. The zero-order valence-corrected chi connectivity index (χ0v) is 13.1. The van der Waals surface area contributed by atoms with E-state index in [0.29, 0.717) is 5.02 Å². The number of nitrogens with zero attached hydrogens (tertiary/aromatic N) is 3. The van der Waals surface area contributed by atoms with Gasteiger partial charge in [-0.15, -0.1) is 0 Å². The van der Waals surface area contributed by atoms with Crippen LogP contribution >= 0.6 is 23.5 Å². The number of fused-ring (bicyclic) bond motifs is 1. The average Bonchev–Trinajstić information content (AvgIpc) is 2.68. The Hall–Kier alpha value is -1.78. The van der Waals surface area contributed by atoms with Gasteiger partial charge in [-0.3, -0.25) is 0 Å². The van der Waals surface area contributed by atoms with Gasteiger partial charge in [0.1, 0.15) is 12.1 Å². The van der Waals surface area contributed by atoms with Gasteiger partial charge >= 0.3 is 0 Å². The van der Waals surface area contributed by atoms with Gasteiger partial charge in [0.25, 0.3) is 0 Å². The first kappa shape index (κ1) is 14.2. The van der Waals surface area contributed by atoms with Gasteiger partial charge in [-0.25, -0.2) is 4.99 Å². The van der Waals surface area contributed by atoms with Gasteiger partial charge in [0.15, 0.2) is 0 Å². The summed E-state index contributed by atoms with van der Waals surface area (Å²) >= 11 is 7.76. The molecule has 0 bridgehead atoms. The van der Waals surface area contributed by atoms with Gasteiger partial charge in [-0.1, -0.05) is 48.9 Å². The summed E-state index contributed by atoms with van der Waals surface area (Å²) in [4.78, 5) is 4.51. The minimum Gasteiger partial charge on any atom is -0.236 e. The number of rotatable bonds is 3. The van der Waals surface area contributed by atoms with Crippen LogP contribution in [0, 0.1) is 0 Å². The SMILES string of the molecule is CCSN1C=Nc2ccc(Cl)cc2C(c2ccccc2)=N1. The molecule has 21 heavy (non-hydrogen) atoms. The van der Waals surface area contributed by atoms with Crippen molar-refractivity contribution in [1.82, 2.24) is 4.41 Å². The van der Waals surface area contributed by atoms with Crippen LogP contribution < -0.4 is 0 Å². The van der Waals surface area contributed by atoms with E-state index in [-0.39, 0.29) is 0 Å². The molecular formula is C16H14ClN3S. The normalized spacial score (nSPS) is 13.6. The van der Waals surface area contributed by atoms with Crippen molar-refractivity contribution < 1.29 is 0 Å². The first-order chi connectivity index (χ1) is 10.3. The van der Waals surface area contributed by atoms with E-state index in [4.69, 9.17) is 16.7 Å². The predicted octanol–water partition coefficient (Wildman–Crippen LogP) is 4.74. The molecule has 1 aliphatic heterocycles. The fourth-order valence-electron chi connectivity index (χ4n) is 2.10. The lowest BCUT2D eigenvalue weighted by Gasteiger charge is -2.12. The summed E-state index contributed by atoms with van der Waals surface area (Å²) in [5.41, 5.74) is 3.75. The highest BCUT2D eigenvalue weighted by Gasteiger charge is 2.16. The third-order valence-corrected chi connectivity index (χ3v) is 3.95. The molecule has 0 saturated carbocycles. The number of hydrogen-bond acceptors (Lipinski definition) is 4. The van der Waals surface area contributed by atoms with Crippen LogP contribution in [0.4, 0.5) is 5.69 Å². The lowest BCUT2D eigenvalue weighted by atomic mass is 10.0. The molecule has 0 unspecified atom stereocenters. The molecule has 106 valence electrons. The van der Waals surface area contributed by atoms with E-state index in [2.05, 4.69) is 11.9 Å². The maximum atomic E-state index is 6.15. The van der Waals surface area contributed by atoms with Crippen LogP contribution in [0.25, 0.3) is 0 Å². The topological polar surface area (TPSA) is 28.0 Å². The zero-order valence-electron chi connectivity index (χ0n) is 11.5. The second-order valence-electron chi connectivity index (χ2n) is 4.44. The number of hydrogen-bond donors (Lipinski definition) is 0. The zero-order chi connectivity index (χ0) is 14.7. The molecule has 2 aromatic carbocycles. The summed E-state index contributed by atoms with van der Waals surface area (Å²) in [6.07, 6.45) is 1.75. The molecule has 1 aliphatic rings. The number of hydrazone groups is 1. The van der Waals surface area contributed by atoms with Gasteiger partial charge in [0.05, 0.1) is 5.69 Å². The smallest absolute Gasteiger partial charge is 0.125 e. The van der Waals surface area contributed by atoms with Crippen molar-refractivity contribution >= 4 is 41.3 Å². The number of benzene rings is 2. The molecule has 0 aromatic heterocycles. The van der Waals surface area contributed by atoms with Crippen molar-refractivity contribution in [3.8, 4) is 0 Å². The Kier molecular flexibility index (Phi) is 4.27. The van der Waals surface area contributed by atoms with E-state index in [1.165, 1.54) is 0 Å². The van der Waals surface area contributed by atoms with E-state index < -0.39 is 0 Å². The second kappa shape index (κ2) is 6.33. The minimum absolute atomic E-state index is 0.684. The van der Waals surface area contributed by atoms with Crippen molar-refractivity contribution in [2.45, 2.75) is 6.92 Å². The molecule has 0 aliphatic carbocycles. The molecule has 0 amide bonds. The Balaban J connectivity index is 2.16. The van der Waals surface area contributed by atoms with Crippen molar-refractivity contribution in [1.29, 1.82) is 0 Å². The Morgan fingerprint density at radius 1 is 1.14 bits per heavy atom. The standard InChI is InChI=1S/C16H14ClN3S/c1-2-21-20-11-18-15-9-8-13(17)10-14(15)16(19-20)12-6-4-3-5-7-12/h3-11H,2H2,1H3. The average molecular weight is 316 g/mol. The summed E-state index contributed by atoms with van der Waals surface area (Å²) in [5.74, 6) is 0.925. The van der Waals surface area contributed by atoms with E-state index in [9.17, 15) is 0 Å². The first-order valence-corrected chi connectivity index (χ1v) is 8.00. The van der Waals surface area contributed by atoms with Crippen molar-refractivity contribution in [2.75, 3.05) is 5.75 Å². The minimum atomic E-state index is 0.684. The highest BCUT2D eigenvalue weighted by molar-refractivity contribution is 7.97. The van der Waals surface area contributed by atoms with Gasteiger partial charge in [-0.2, -0.15) is 9.52 Å². The van der Waals surface area contributed by atoms with Gasteiger partial charge in [0.2, 0.25) is 0 Å². The van der Waals surface area contributed by atoms with E-state index >= 15 is 0 Å². The highest BCUT2D eigenvalue weighted by Crippen LogP contribution is 2.29. The summed E-state index contributed by atoms with van der Waals surface area (Å²) < 4.78 is 1.80. The molecule has 2 aromatic rings. The van der Waals surface area contributed by atoms with Crippen LogP contribution in [0.15, 0.2) is 58.6 Å². The quantitative estimate of drug-likeness (QED) is 0.765. The highest BCUT2D eigenvalue weighted by atomic mass is 35.5. The summed E-state index contributed by atoms with van der Waals surface area (Å²) in [7, 11) is 0. The molecular weight excluding hydrogens is 302 g/mol. The van der Waals surface area contributed by atoms with Crippen molar-refractivity contribution in [2.24, 2.45) is 10.1 Å². The van der Waals surface area contributed by atoms with Crippen LogP contribution in [0.3, 0.4) is 0 Å². The monoisotopic (exact) mass is 315 g/mol. The molecule has 0 saturated heterocycles. The van der Waals surface area contributed by atoms with Crippen LogP contribution in [-0.4, -0.2) is 22.2 Å². The van der Waals surface area contributed by atoms with E-state index in [1.807, 2.05) is 48.5 Å². The van der Waals surface area contributed by atoms with Gasteiger partial charge < -0.3 is 0 Å². The third kappa shape index (κ3) is 3.12.